The van der Waals surface area contributed by atoms with Crippen molar-refractivity contribution in [2.75, 3.05) is 6.54 Å². The Labute approximate surface area is 108 Å². The summed E-state index contributed by atoms with van der Waals surface area (Å²) in [7, 11) is 1.82. The molecule has 2 N–H and O–H groups in total. The van der Waals surface area contributed by atoms with Gasteiger partial charge in [-0.15, -0.1) is 0 Å². The summed E-state index contributed by atoms with van der Waals surface area (Å²) in [6, 6.07) is 1.80. The molecule has 1 aromatic heterocycles. The Bertz CT molecular complexity index is 446. The lowest BCUT2D eigenvalue weighted by atomic mass is 10.1. The van der Waals surface area contributed by atoms with Crippen LogP contribution in [-0.2, 0) is 11.8 Å². The molecule has 2 amide bonds. The van der Waals surface area contributed by atoms with Crippen LogP contribution in [0.3, 0.4) is 0 Å². The van der Waals surface area contributed by atoms with Crippen LogP contribution >= 0.6 is 15.9 Å². The third-order valence-electron chi connectivity index (χ3n) is 2.80. The number of hydrogen-bond acceptors (Lipinski definition) is 2. The van der Waals surface area contributed by atoms with Crippen LogP contribution in [0, 0.1) is 0 Å². The number of carbonyl (C=O) groups is 2. The predicted octanol–water partition coefficient (Wildman–Crippen LogP) is 0.796. The van der Waals surface area contributed by atoms with Crippen molar-refractivity contribution in [3.63, 3.8) is 0 Å². The minimum absolute atomic E-state index is 0.0221. The summed E-state index contributed by atoms with van der Waals surface area (Å²) in [5.74, 6) is -0.0588. The Hall–Kier alpha value is -1.30. The predicted molar refractivity (Wildman–Crippen MR) is 66.6 cm³/mol. The van der Waals surface area contributed by atoms with Crippen molar-refractivity contribution < 1.29 is 9.59 Å². The van der Waals surface area contributed by atoms with E-state index in [1.807, 2.05) is 13.2 Å². The molecule has 0 saturated carbocycles. The first kappa shape index (κ1) is 12.2. The smallest absolute Gasteiger partial charge is 0.268 e. The molecule has 1 aliphatic heterocycles. The molecule has 2 heterocycles. The largest absolute Gasteiger partial charge is 0.354 e. The number of amides is 2. The van der Waals surface area contributed by atoms with Gasteiger partial charge in [0.05, 0.1) is 0 Å². The highest BCUT2D eigenvalue weighted by Crippen LogP contribution is 2.14. The van der Waals surface area contributed by atoms with Crippen LogP contribution in [-0.4, -0.2) is 29.0 Å². The van der Waals surface area contributed by atoms with Crippen LogP contribution in [0.1, 0.15) is 23.3 Å². The zero-order valence-electron chi connectivity index (χ0n) is 9.50. The first-order chi connectivity index (χ1) is 8.06. The molecule has 1 fully saturated rings. The molecule has 2 rings (SSSR count). The molecule has 0 aromatic carbocycles. The van der Waals surface area contributed by atoms with Crippen LogP contribution in [0.15, 0.2) is 16.7 Å². The number of piperidine rings is 1. The normalized spacial score (nSPS) is 19.9. The van der Waals surface area contributed by atoms with E-state index in [1.165, 1.54) is 0 Å². The van der Waals surface area contributed by atoms with Gasteiger partial charge in [-0.2, -0.15) is 0 Å². The van der Waals surface area contributed by atoms with E-state index in [9.17, 15) is 9.59 Å². The summed E-state index contributed by atoms with van der Waals surface area (Å²) in [5.41, 5.74) is 0.605. The van der Waals surface area contributed by atoms with E-state index in [0.29, 0.717) is 25.1 Å². The second-order valence-electron chi connectivity index (χ2n) is 4.17. The van der Waals surface area contributed by atoms with E-state index in [2.05, 4.69) is 26.6 Å². The van der Waals surface area contributed by atoms with Gasteiger partial charge in [0, 0.05) is 36.7 Å². The summed E-state index contributed by atoms with van der Waals surface area (Å²) in [6.07, 6.45) is 3.00. The fraction of sp³-hybridized carbons (Fsp3) is 0.455. The number of aromatic nitrogens is 1. The highest BCUT2D eigenvalue weighted by Gasteiger charge is 2.21. The van der Waals surface area contributed by atoms with E-state index in [-0.39, 0.29) is 17.9 Å². The van der Waals surface area contributed by atoms with Crippen molar-refractivity contribution >= 4 is 27.7 Å². The van der Waals surface area contributed by atoms with Crippen molar-refractivity contribution in [2.45, 2.75) is 18.9 Å². The first-order valence-electron chi connectivity index (χ1n) is 5.45. The Morgan fingerprint density at radius 3 is 2.94 bits per heavy atom. The maximum absolute atomic E-state index is 12.0. The van der Waals surface area contributed by atoms with Crippen molar-refractivity contribution in [3.05, 3.63) is 22.4 Å². The fourth-order valence-corrected chi connectivity index (χ4v) is 2.39. The minimum Gasteiger partial charge on any atom is -0.354 e. The highest BCUT2D eigenvalue weighted by atomic mass is 79.9. The molecular weight excluding hydrogens is 286 g/mol. The van der Waals surface area contributed by atoms with Crippen LogP contribution in [0.25, 0.3) is 0 Å². The number of carbonyl (C=O) groups excluding carboxylic acids is 2. The second kappa shape index (κ2) is 4.91. The van der Waals surface area contributed by atoms with E-state index in [1.54, 1.807) is 10.6 Å². The molecule has 1 aliphatic rings. The van der Waals surface area contributed by atoms with E-state index < -0.39 is 0 Å². The number of nitrogens with zero attached hydrogens (tertiary/aromatic N) is 1. The van der Waals surface area contributed by atoms with Crippen LogP contribution in [0.4, 0.5) is 0 Å². The van der Waals surface area contributed by atoms with Gasteiger partial charge in [0.15, 0.2) is 0 Å². The summed E-state index contributed by atoms with van der Waals surface area (Å²) in [4.78, 5) is 23.0. The summed E-state index contributed by atoms with van der Waals surface area (Å²) in [6.45, 7) is 0.510. The number of nitrogens with one attached hydrogen (secondary N) is 2. The zero-order valence-corrected chi connectivity index (χ0v) is 11.1. The first-order valence-corrected chi connectivity index (χ1v) is 6.25. The van der Waals surface area contributed by atoms with Gasteiger partial charge >= 0.3 is 0 Å². The third-order valence-corrected chi connectivity index (χ3v) is 3.24. The molecular formula is C11H14BrN3O2. The lowest BCUT2D eigenvalue weighted by Crippen LogP contribution is -2.48. The van der Waals surface area contributed by atoms with Gasteiger partial charge < -0.3 is 15.2 Å². The lowest BCUT2D eigenvalue weighted by Gasteiger charge is -2.23. The molecule has 0 radical (unpaired) electrons. The monoisotopic (exact) mass is 299 g/mol. The van der Waals surface area contributed by atoms with Crippen molar-refractivity contribution in [1.82, 2.24) is 15.2 Å². The van der Waals surface area contributed by atoms with Crippen LogP contribution < -0.4 is 10.6 Å². The van der Waals surface area contributed by atoms with Gasteiger partial charge in [-0.3, -0.25) is 9.59 Å². The molecule has 0 bridgehead atoms. The third kappa shape index (κ3) is 2.88. The molecule has 0 aliphatic carbocycles. The molecule has 1 aromatic rings. The maximum Gasteiger partial charge on any atom is 0.268 e. The molecule has 92 valence electrons. The molecule has 6 heteroatoms. The van der Waals surface area contributed by atoms with Gasteiger partial charge in [0.1, 0.15) is 5.69 Å². The summed E-state index contributed by atoms with van der Waals surface area (Å²) < 4.78 is 2.64. The molecule has 0 spiro atoms. The van der Waals surface area contributed by atoms with Gasteiger partial charge in [-0.05, 0) is 28.4 Å². The second-order valence-corrected chi connectivity index (χ2v) is 5.08. The topological polar surface area (TPSA) is 63.1 Å². The Kier molecular flexibility index (Phi) is 3.51. The Morgan fingerprint density at radius 2 is 2.41 bits per heavy atom. The number of rotatable bonds is 2. The van der Waals surface area contributed by atoms with E-state index in [0.717, 1.165) is 4.47 Å². The number of hydrogen-bond donors (Lipinski definition) is 2. The fourth-order valence-electron chi connectivity index (χ4n) is 1.87. The molecule has 5 nitrogen and oxygen atoms in total. The molecule has 1 atom stereocenters. The maximum atomic E-state index is 12.0. The van der Waals surface area contributed by atoms with Crippen molar-refractivity contribution in [3.8, 4) is 0 Å². The summed E-state index contributed by atoms with van der Waals surface area (Å²) >= 11 is 3.33. The van der Waals surface area contributed by atoms with Gasteiger partial charge in [0.25, 0.3) is 5.91 Å². The molecule has 1 unspecified atom stereocenters. The molecule has 1 saturated heterocycles. The van der Waals surface area contributed by atoms with E-state index >= 15 is 0 Å². The van der Waals surface area contributed by atoms with E-state index in [4.69, 9.17) is 0 Å². The standard InChI is InChI=1S/C11H14BrN3O2/c1-15-6-7(12)4-9(15)11(17)14-8-2-3-10(16)13-5-8/h4,6,8H,2-3,5H2,1H3,(H,13,16)(H,14,17). The molecule has 17 heavy (non-hydrogen) atoms. The van der Waals surface area contributed by atoms with Gasteiger partial charge in [0.2, 0.25) is 5.91 Å². The summed E-state index contributed by atoms with van der Waals surface area (Å²) in [5, 5.41) is 5.65. The number of halogens is 1. The van der Waals surface area contributed by atoms with Crippen molar-refractivity contribution in [1.29, 1.82) is 0 Å². The van der Waals surface area contributed by atoms with Crippen LogP contribution in [0.2, 0.25) is 0 Å². The highest BCUT2D eigenvalue weighted by molar-refractivity contribution is 9.10. The van der Waals surface area contributed by atoms with Crippen LogP contribution in [0.5, 0.6) is 0 Å². The SMILES string of the molecule is Cn1cc(Br)cc1C(=O)NC1CCC(=O)NC1. The Morgan fingerprint density at radius 1 is 1.65 bits per heavy atom. The zero-order chi connectivity index (χ0) is 12.4. The average Bonchev–Trinajstić information content (AvgIpc) is 2.61. The van der Waals surface area contributed by atoms with Gasteiger partial charge in [-0.25, -0.2) is 0 Å². The quantitative estimate of drug-likeness (QED) is 0.848. The average molecular weight is 300 g/mol. The van der Waals surface area contributed by atoms with Gasteiger partial charge in [-0.1, -0.05) is 0 Å². The number of aryl methyl sites for hydroxylation is 1. The van der Waals surface area contributed by atoms with Crippen molar-refractivity contribution in [2.24, 2.45) is 7.05 Å². The lowest BCUT2D eigenvalue weighted by molar-refractivity contribution is -0.122. The minimum atomic E-state index is -0.112. The Balaban J connectivity index is 1.97.